The van der Waals surface area contributed by atoms with Crippen molar-refractivity contribution in [3.05, 3.63) is 54.4 Å². The number of hydrogen-bond donors (Lipinski definition) is 0. The van der Waals surface area contributed by atoms with Crippen LogP contribution in [0.2, 0.25) is 0 Å². The average Bonchev–Trinajstić information content (AvgIpc) is 2.69. The van der Waals surface area contributed by atoms with Gasteiger partial charge in [-0.1, -0.05) is 30.3 Å². The Kier molecular flexibility index (Phi) is 2.00. The summed E-state index contributed by atoms with van der Waals surface area (Å²) in [6, 6.07) is 14.2. The Hall–Kier alpha value is -2.09. The van der Waals surface area contributed by atoms with Gasteiger partial charge in [-0.2, -0.15) is 0 Å². The van der Waals surface area contributed by atoms with E-state index in [2.05, 4.69) is 23.2 Å². The van der Waals surface area contributed by atoms with Crippen molar-refractivity contribution in [3.63, 3.8) is 0 Å². The van der Waals surface area contributed by atoms with Crippen molar-refractivity contribution >= 4 is 11.0 Å². The van der Waals surface area contributed by atoms with E-state index in [1.807, 2.05) is 31.2 Å². The van der Waals surface area contributed by atoms with Crippen LogP contribution in [0.15, 0.2) is 53.1 Å². The number of rotatable bonds is 1. The molecule has 0 aliphatic heterocycles. The lowest BCUT2D eigenvalue weighted by atomic mass is 10.1. The number of nitrogens with zero attached hydrogens (tertiary/aromatic N) is 1. The summed E-state index contributed by atoms with van der Waals surface area (Å²) in [4.78, 5) is 4.40. The monoisotopic (exact) mass is 209 g/mol. The fourth-order valence-electron chi connectivity index (χ4n) is 1.85. The summed E-state index contributed by atoms with van der Waals surface area (Å²) >= 11 is 0. The van der Waals surface area contributed by atoms with E-state index in [1.165, 1.54) is 0 Å². The molecule has 2 nitrogen and oxygen atoms in total. The fraction of sp³-hybridized carbons (Fsp3) is 0.0714. The summed E-state index contributed by atoms with van der Waals surface area (Å²) in [5, 5.41) is 1.10. The van der Waals surface area contributed by atoms with Gasteiger partial charge in [0.05, 0.1) is 11.9 Å². The van der Waals surface area contributed by atoms with E-state index in [9.17, 15) is 0 Å². The van der Waals surface area contributed by atoms with Crippen LogP contribution in [-0.2, 0) is 0 Å². The number of benzene rings is 1. The standard InChI is InChI=1S/C14H11NO/c1-10-7-12-8-13(15-9-14(12)16-10)11-5-3-2-4-6-11/h2-9H,1H3. The van der Waals surface area contributed by atoms with Crippen molar-refractivity contribution in [2.24, 2.45) is 0 Å². The lowest BCUT2D eigenvalue weighted by molar-refractivity contribution is 0.577. The van der Waals surface area contributed by atoms with E-state index in [0.717, 1.165) is 28.0 Å². The van der Waals surface area contributed by atoms with E-state index in [4.69, 9.17) is 4.42 Å². The number of aryl methyl sites for hydroxylation is 1. The van der Waals surface area contributed by atoms with Gasteiger partial charge in [-0.3, -0.25) is 4.98 Å². The quantitative estimate of drug-likeness (QED) is 0.609. The normalized spacial score (nSPS) is 10.8. The largest absolute Gasteiger partial charge is 0.460 e. The van der Waals surface area contributed by atoms with Gasteiger partial charge >= 0.3 is 0 Å². The molecule has 2 heterocycles. The molecule has 2 heteroatoms. The van der Waals surface area contributed by atoms with Gasteiger partial charge in [-0.05, 0) is 19.1 Å². The minimum absolute atomic E-state index is 0.845. The minimum atomic E-state index is 0.845. The molecule has 16 heavy (non-hydrogen) atoms. The van der Waals surface area contributed by atoms with Gasteiger partial charge in [0.1, 0.15) is 5.76 Å². The Morgan fingerprint density at radius 3 is 2.69 bits per heavy atom. The number of furan rings is 1. The third-order valence-electron chi connectivity index (χ3n) is 2.60. The van der Waals surface area contributed by atoms with Crippen molar-refractivity contribution in [1.29, 1.82) is 0 Å². The molecule has 0 saturated carbocycles. The van der Waals surface area contributed by atoms with Gasteiger partial charge in [0.25, 0.3) is 0 Å². The highest BCUT2D eigenvalue weighted by Crippen LogP contribution is 2.23. The van der Waals surface area contributed by atoms with Crippen LogP contribution in [0.1, 0.15) is 5.76 Å². The molecule has 78 valence electrons. The van der Waals surface area contributed by atoms with Crippen LogP contribution in [0, 0.1) is 6.92 Å². The molecule has 0 radical (unpaired) electrons. The SMILES string of the molecule is Cc1cc2cc(-c3ccccc3)ncc2o1. The third kappa shape index (κ3) is 1.48. The topological polar surface area (TPSA) is 26.0 Å². The highest BCUT2D eigenvalue weighted by atomic mass is 16.3. The summed E-state index contributed by atoms with van der Waals surface area (Å²) in [7, 11) is 0. The minimum Gasteiger partial charge on any atom is -0.460 e. The van der Waals surface area contributed by atoms with Crippen molar-refractivity contribution in [2.45, 2.75) is 6.92 Å². The Morgan fingerprint density at radius 2 is 1.88 bits per heavy atom. The number of hydrogen-bond acceptors (Lipinski definition) is 2. The van der Waals surface area contributed by atoms with Crippen LogP contribution in [0.3, 0.4) is 0 Å². The van der Waals surface area contributed by atoms with Gasteiger partial charge in [0.2, 0.25) is 0 Å². The number of pyridine rings is 1. The first-order valence-corrected chi connectivity index (χ1v) is 5.24. The summed E-state index contributed by atoms with van der Waals surface area (Å²) in [5.41, 5.74) is 2.95. The summed E-state index contributed by atoms with van der Waals surface area (Å²) < 4.78 is 5.50. The van der Waals surface area contributed by atoms with Crippen molar-refractivity contribution in [1.82, 2.24) is 4.98 Å². The molecule has 3 rings (SSSR count). The Balaban J connectivity index is 2.18. The van der Waals surface area contributed by atoms with Crippen LogP contribution in [-0.4, -0.2) is 4.98 Å². The van der Waals surface area contributed by atoms with Crippen molar-refractivity contribution in [2.75, 3.05) is 0 Å². The molecule has 0 aliphatic carbocycles. The van der Waals surface area contributed by atoms with E-state index in [1.54, 1.807) is 6.20 Å². The molecule has 1 aromatic carbocycles. The lowest BCUT2D eigenvalue weighted by Gasteiger charge is -1.99. The van der Waals surface area contributed by atoms with Crippen LogP contribution in [0.25, 0.3) is 22.2 Å². The maximum atomic E-state index is 5.50. The molecular weight excluding hydrogens is 198 g/mol. The van der Waals surface area contributed by atoms with Crippen LogP contribution in [0.4, 0.5) is 0 Å². The fourth-order valence-corrected chi connectivity index (χ4v) is 1.85. The van der Waals surface area contributed by atoms with E-state index < -0.39 is 0 Å². The van der Waals surface area contributed by atoms with Crippen LogP contribution < -0.4 is 0 Å². The molecule has 0 aliphatic rings. The molecule has 0 fully saturated rings. The zero-order valence-corrected chi connectivity index (χ0v) is 8.97. The van der Waals surface area contributed by atoms with Gasteiger partial charge in [0, 0.05) is 10.9 Å². The predicted molar refractivity (Wildman–Crippen MR) is 64.2 cm³/mol. The van der Waals surface area contributed by atoms with E-state index >= 15 is 0 Å². The maximum absolute atomic E-state index is 5.50. The molecule has 0 atom stereocenters. The smallest absolute Gasteiger partial charge is 0.152 e. The molecule has 0 saturated heterocycles. The van der Waals surface area contributed by atoms with Gasteiger partial charge in [-0.15, -0.1) is 0 Å². The molecule has 0 spiro atoms. The zero-order chi connectivity index (χ0) is 11.0. The first-order chi connectivity index (χ1) is 7.83. The van der Waals surface area contributed by atoms with Gasteiger partial charge in [-0.25, -0.2) is 0 Å². The molecule has 0 unspecified atom stereocenters. The molecule has 0 bridgehead atoms. The molecule has 3 aromatic rings. The van der Waals surface area contributed by atoms with E-state index in [-0.39, 0.29) is 0 Å². The average molecular weight is 209 g/mol. The zero-order valence-electron chi connectivity index (χ0n) is 8.97. The van der Waals surface area contributed by atoms with Crippen molar-refractivity contribution in [3.8, 4) is 11.3 Å². The summed E-state index contributed by atoms with van der Waals surface area (Å²) in [6.45, 7) is 1.95. The van der Waals surface area contributed by atoms with Crippen LogP contribution in [0.5, 0.6) is 0 Å². The summed E-state index contributed by atoms with van der Waals surface area (Å²) in [6.07, 6.45) is 1.78. The molecule has 0 amide bonds. The second-order valence-electron chi connectivity index (χ2n) is 3.83. The second kappa shape index (κ2) is 3.49. The Bertz CT molecular complexity index is 626. The Labute approximate surface area is 93.5 Å². The first-order valence-electron chi connectivity index (χ1n) is 5.24. The molecular formula is C14H11NO. The van der Waals surface area contributed by atoms with Crippen molar-refractivity contribution < 1.29 is 4.42 Å². The summed E-state index contributed by atoms with van der Waals surface area (Å²) in [5.74, 6) is 0.919. The number of fused-ring (bicyclic) bond motifs is 1. The third-order valence-corrected chi connectivity index (χ3v) is 2.60. The maximum Gasteiger partial charge on any atom is 0.152 e. The molecule has 2 aromatic heterocycles. The highest BCUT2D eigenvalue weighted by molar-refractivity contribution is 5.81. The molecule has 0 N–H and O–H groups in total. The Morgan fingerprint density at radius 1 is 1.06 bits per heavy atom. The number of aromatic nitrogens is 1. The lowest BCUT2D eigenvalue weighted by Crippen LogP contribution is -1.81. The first kappa shape index (κ1) is 9.16. The van der Waals surface area contributed by atoms with Gasteiger partial charge in [0.15, 0.2) is 5.58 Å². The van der Waals surface area contributed by atoms with E-state index in [0.29, 0.717) is 0 Å². The van der Waals surface area contributed by atoms with Gasteiger partial charge < -0.3 is 4.42 Å². The second-order valence-corrected chi connectivity index (χ2v) is 3.83. The van der Waals surface area contributed by atoms with Crippen LogP contribution >= 0.6 is 0 Å². The predicted octanol–water partition coefficient (Wildman–Crippen LogP) is 3.80. The highest BCUT2D eigenvalue weighted by Gasteiger charge is 2.03.